The number of hydrogen-bond acceptors (Lipinski definition) is 3. The van der Waals surface area contributed by atoms with Crippen LogP contribution in [0.1, 0.15) is 51.0 Å². The van der Waals surface area contributed by atoms with E-state index >= 15 is 0 Å². The minimum Gasteiger partial charge on any atom is -0.144 e. The smallest absolute Gasteiger partial charge is 0.0542 e. The second kappa shape index (κ2) is 8.59. The SMILES string of the molecule is CCCCCCCCc1csc(-c2ccc3c(c2)sc2c4ccccc4sc32)c1. The summed E-state index contributed by atoms with van der Waals surface area (Å²) in [6.45, 7) is 2.28. The Morgan fingerprint density at radius 2 is 1.48 bits per heavy atom. The van der Waals surface area contributed by atoms with Gasteiger partial charge in [0.2, 0.25) is 0 Å². The first kappa shape index (κ1) is 19.3. The molecule has 3 heterocycles. The fourth-order valence-electron chi connectivity index (χ4n) is 4.13. The lowest BCUT2D eigenvalue weighted by Crippen LogP contribution is -1.83. The molecule has 0 nitrogen and oxygen atoms in total. The van der Waals surface area contributed by atoms with Gasteiger partial charge in [-0.1, -0.05) is 69.4 Å². The molecule has 3 heteroatoms. The van der Waals surface area contributed by atoms with Crippen LogP contribution in [0.25, 0.3) is 40.0 Å². The Balaban J connectivity index is 1.35. The molecule has 0 aliphatic carbocycles. The molecule has 0 radical (unpaired) electrons. The van der Waals surface area contributed by atoms with Crippen molar-refractivity contribution < 1.29 is 0 Å². The van der Waals surface area contributed by atoms with Crippen LogP contribution in [0.3, 0.4) is 0 Å². The minimum absolute atomic E-state index is 1.23. The monoisotopic (exact) mass is 434 g/mol. The highest BCUT2D eigenvalue weighted by molar-refractivity contribution is 7.36. The Morgan fingerprint density at radius 1 is 0.724 bits per heavy atom. The van der Waals surface area contributed by atoms with Crippen molar-refractivity contribution in [3.05, 3.63) is 59.5 Å². The zero-order valence-electron chi connectivity index (χ0n) is 16.9. The summed E-state index contributed by atoms with van der Waals surface area (Å²) in [7, 11) is 0. The largest absolute Gasteiger partial charge is 0.144 e. The van der Waals surface area contributed by atoms with Crippen molar-refractivity contribution in [1.82, 2.24) is 0 Å². The fourth-order valence-corrected chi connectivity index (χ4v) is 7.77. The lowest BCUT2D eigenvalue weighted by Gasteiger charge is -2.00. The van der Waals surface area contributed by atoms with Crippen LogP contribution in [-0.2, 0) is 6.42 Å². The second-order valence-corrected chi connectivity index (χ2v) is 10.9. The van der Waals surface area contributed by atoms with Crippen molar-refractivity contribution in [2.75, 3.05) is 0 Å². The Hall–Kier alpha value is -1.68. The molecule has 5 aromatic rings. The molecule has 0 saturated carbocycles. The van der Waals surface area contributed by atoms with Gasteiger partial charge in [-0.2, -0.15) is 0 Å². The number of fused-ring (bicyclic) bond motifs is 5. The van der Waals surface area contributed by atoms with Crippen molar-refractivity contribution in [3.8, 4) is 10.4 Å². The first-order valence-electron chi connectivity index (χ1n) is 10.7. The van der Waals surface area contributed by atoms with Crippen LogP contribution in [0.15, 0.2) is 53.9 Å². The highest BCUT2D eigenvalue weighted by Crippen LogP contribution is 2.45. The molecule has 0 atom stereocenters. The average molecular weight is 435 g/mol. The molecule has 5 rings (SSSR count). The van der Waals surface area contributed by atoms with E-state index in [1.165, 1.54) is 90.5 Å². The van der Waals surface area contributed by atoms with Crippen LogP contribution in [0.4, 0.5) is 0 Å². The predicted molar refractivity (Wildman–Crippen MR) is 135 cm³/mol. The van der Waals surface area contributed by atoms with E-state index in [1.807, 2.05) is 34.0 Å². The first-order valence-corrected chi connectivity index (χ1v) is 13.3. The zero-order chi connectivity index (χ0) is 19.6. The third-order valence-corrected chi connectivity index (χ3v) is 9.29. The van der Waals surface area contributed by atoms with Gasteiger partial charge in [-0.25, -0.2) is 0 Å². The highest BCUT2D eigenvalue weighted by atomic mass is 32.1. The van der Waals surface area contributed by atoms with Gasteiger partial charge in [0.1, 0.15) is 0 Å². The molecule has 0 amide bonds. The van der Waals surface area contributed by atoms with Crippen molar-refractivity contribution >= 4 is 63.6 Å². The maximum Gasteiger partial charge on any atom is 0.0542 e. The van der Waals surface area contributed by atoms with E-state index in [0.29, 0.717) is 0 Å². The van der Waals surface area contributed by atoms with E-state index in [4.69, 9.17) is 0 Å². The maximum atomic E-state index is 2.42. The Labute approximate surface area is 184 Å². The molecular weight excluding hydrogens is 408 g/mol. The minimum atomic E-state index is 1.23. The van der Waals surface area contributed by atoms with Gasteiger partial charge in [0, 0.05) is 25.0 Å². The predicted octanol–water partition coefficient (Wildman–Crippen LogP) is 9.90. The fraction of sp³-hybridized carbons (Fsp3) is 0.308. The summed E-state index contributed by atoms with van der Waals surface area (Å²) in [5.74, 6) is 0. The lowest BCUT2D eigenvalue weighted by molar-refractivity contribution is 0.608. The van der Waals surface area contributed by atoms with Crippen LogP contribution in [-0.4, -0.2) is 0 Å². The standard InChI is InChI=1S/C26H26S3/c1-2-3-4-5-6-7-10-18-15-23(27-17-18)19-13-14-21-24(16-19)29-25-20-11-8-9-12-22(20)28-26(21)25/h8-9,11-17H,2-7,10H2,1H3. The van der Waals surface area contributed by atoms with Gasteiger partial charge < -0.3 is 0 Å². The van der Waals surface area contributed by atoms with Crippen LogP contribution in [0.5, 0.6) is 0 Å². The van der Waals surface area contributed by atoms with Crippen molar-refractivity contribution in [2.45, 2.75) is 51.9 Å². The molecule has 0 saturated heterocycles. The summed E-state index contributed by atoms with van der Waals surface area (Å²) in [6.07, 6.45) is 9.44. The van der Waals surface area contributed by atoms with Crippen LogP contribution >= 0.6 is 34.0 Å². The summed E-state index contributed by atoms with van der Waals surface area (Å²) in [6, 6.07) is 18.3. The molecule has 0 unspecified atom stereocenters. The zero-order valence-corrected chi connectivity index (χ0v) is 19.3. The van der Waals surface area contributed by atoms with Crippen LogP contribution < -0.4 is 0 Å². The molecule has 2 aromatic carbocycles. The molecule has 0 spiro atoms. The van der Waals surface area contributed by atoms with Crippen molar-refractivity contribution in [2.24, 2.45) is 0 Å². The van der Waals surface area contributed by atoms with E-state index in [-0.39, 0.29) is 0 Å². The first-order chi connectivity index (χ1) is 14.3. The summed E-state index contributed by atoms with van der Waals surface area (Å²) in [5, 5.41) is 5.19. The Bertz CT molecular complexity index is 1250. The van der Waals surface area contributed by atoms with Crippen molar-refractivity contribution in [3.63, 3.8) is 0 Å². The molecule has 148 valence electrons. The van der Waals surface area contributed by atoms with Gasteiger partial charge in [0.05, 0.1) is 9.40 Å². The number of benzene rings is 2. The number of unbranched alkanes of at least 4 members (excludes halogenated alkanes) is 5. The summed E-state index contributed by atoms with van der Waals surface area (Å²) < 4.78 is 5.72. The Morgan fingerprint density at radius 3 is 2.38 bits per heavy atom. The number of hydrogen-bond donors (Lipinski definition) is 0. The highest BCUT2D eigenvalue weighted by Gasteiger charge is 2.13. The molecule has 3 aromatic heterocycles. The van der Waals surface area contributed by atoms with Gasteiger partial charge in [-0.05, 0) is 47.5 Å². The molecule has 0 N–H and O–H groups in total. The van der Waals surface area contributed by atoms with Crippen LogP contribution in [0, 0.1) is 0 Å². The van der Waals surface area contributed by atoms with Gasteiger partial charge in [0.25, 0.3) is 0 Å². The van der Waals surface area contributed by atoms with Crippen LogP contribution in [0.2, 0.25) is 0 Å². The van der Waals surface area contributed by atoms with Gasteiger partial charge in [-0.15, -0.1) is 34.0 Å². The number of aryl methyl sites for hydroxylation is 1. The molecular formula is C26H26S3. The summed E-state index contributed by atoms with van der Waals surface area (Å²) >= 11 is 5.79. The van der Waals surface area contributed by atoms with Crippen molar-refractivity contribution in [1.29, 1.82) is 0 Å². The molecule has 0 bridgehead atoms. The third kappa shape index (κ3) is 3.88. The lowest BCUT2D eigenvalue weighted by atomic mass is 10.1. The molecule has 0 fully saturated rings. The van der Waals surface area contributed by atoms with E-state index in [1.54, 1.807) is 0 Å². The van der Waals surface area contributed by atoms with E-state index in [0.717, 1.165) is 0 Å². The average Bonchev–Trinajstić information content (AvgIpc) is 3.44. The number of rotatable bonds is 8. The quantitative estimate of drug-likeness (QED) is 0.213. The maximum absolute atomic E-state index is 2.42. The Kier molecular flexibility index (Phi) is 5.72. The van der Waals surface area contributed by atoms with Gasteiger partial charge >= 0.3 is 0 Å². The van der Waals surface area contributed by atoms with E-state index in [9.17, 15) is 0 Å². The van der Waals surface area contributed by atoms with Gasteiger partial charge in [-0.3, -0.25) is 0 Å². The summed E-state index contributed by atoms with van der Waals surface area (Å²) in [4.78, 5) is 1.41. The molecule has 0 aliphatic heterocycles. The van der Waals surface area contributed by atoms with Gasteiger partial charge in [0.15, 0.2) is 0 Å². The number of thiophene rings is 3. The third-order valence-electron chi connectivity index (χ3n) is 5.75. The summed E-state index contributed by atoms with van der Waals surface area (Å²) in [5.41, 5.74) is 2.88. The molecule has 29 heavy (non-hydrogen) atoms. The normalized spacial score (nSPS) is 11.9. The second-order valence-electron chi connectivity index (χ2n) is 7.91. The van der Waals surface area contributed by atoms with E-state index < -0.39 is 0 Å². The topological polar surface area (TPSA) is 0 Å². The van der Waals surface area contributed by atoms with E-state index in [2.05, 4.69) is 60.8 Å². The molecule has 0 aliphatic rings.